The number of likely N-dealkylation sites (tertiary alicyclic amines) is 1. The van der Waals surface area contributed by atoms with Gasteiger partial charge in [0.1, 0.15) is 0 Å². The molecule has 0 radical (unpaired) electrons. The smallest absolute Gasteiger partial charge is 0.0667 e. The van der Waals surface area contributed by atoms with Crippen LogP contribution in [0, 0.1) is 0 Å². The molecule has 2 atom stereocenters. The summed E-state index contributed by atoms with van der Waals surface area (Å²) in [5.41, 5.74) is 0. The second-order valence-electron chi connectivity index (χ2n) is 4.16. The van der Waals surface area contributed by atoms with E-state index in [1.807, 2.05) is 0 Å². The van der Waals surface area contributed by atoms with Gasteiger partial charge in [-0.15, -0.1) is 0 Å². The Morgan fingerprint density at radius 2 is 2.15 bits per heavy atom. The van der Waals surface area contributed by atoms with Crippen molar-refractivity contribution in [3.8, 4) is 0 Å². The van der Waals surface area contributed by atoms with Crippen LogP contribution in [0.2, 0.25) is 0 Å². The molecule has 3 nitrogen and oxygen atoms in total. The molecule has 0 aromatic heterocycles. The fourth-order valence-corrected chi connectivity index (χ4v) is 2.33. The van der Waals surface area contributed by atoms with Crippen LogP contribution in [0.1, 0.15) is 25.7 Å². The first-order valence-corrected chi connectivity index (χ1v) is 5.36. The molecule has 0 bridgehead atoms. The number of piperidine rings is 1. The molecule has 2 aliphatic rings. The summed E-state index contributed by atoms with van der Waals surface area (Å²) < 4.78 is 5.45. The SMILES string of the molecule is O[C@H]1CCCN(C2CCCOC2)C1. The van der Waals surface area contributed by atoms with Gasteiger partial charge in [0, 0.05) is 19.2 Å². The molecule has 2 heterocycles. The van der Waals surface area contributed by atoms with Gasteiger partial charge in [0.05, 0.1) is 12.7 Å². The zero-order valence-corrected chi connectivity index (χ0v) is 8.11. The summed E-state index contributed by atoms with van der Waals surface area (Å²) in [5, 5.41) is 9.53. The number of aliphatic hydroxyl groups excluding tert-OH is 1. The summed E-state index contributed by atoms with van der Waals surface area (Å²) in [7, 11) is 0. The minimum atomic E-state index is -0.101. The van der Waals surface area contributed by atoms with Gasteiger partial charge in [0.25, 0.3) is 0 Å². The highest BCUT2D eigenvalue weighted by Crippen LogP contribution is 2.18. The second kappa shape index (κ2) is 4.40. The molecule has 2 rings (SSSR count). The highest BCUT2D eigenvalue weighted by Gasteiger charge is 2.26. The molecule has 0 amide bonds. The van der Waals surface area contributed by atoms with Crippen molar-refractivity contribution in [3.05, 3.63) is 0 Å². The van der Waals surface area contributed by atoms with E-state index in [-0.39, 0.29) is 6.10 Å². The number of aliphatic hydroxyl groups is 1. The number of nitrogens with zero attached hydrogens (tertiary/aromatic N) is 1. The van der Waals surface area contributed by atoms with Crippen molar-refractivity contribution in [2.75, 3.05) is 26.3 Å². The molecule has 2 fully saturated rings. The van der Waals surface area contributed by atoms with Gasteiger partial charge in [0.2, 0.25) is 0 Å². The molecular weight excluding hydrogens is 166 g/mol. The summed E-state index contributed by atoms with van der Waals surface area (Å²) in [6.07, 6.45) is 4.43. The zero-order valence-electron chi connectivity index (χ0n) is 8.11. The standard InChI is InChI=1S/C10H19NO2/c12-10-4-1-5-11(7-10)9-3-2-6-13-8-9/h9-10,12H,1-8H2/t9?,10-/m0/s1. The maximum absolute atomic E-state index is 9.53. The normalized spacial score (nSPS) is 37.6. The number of hydrogen-bond donors (Lipinski definition) is 1. The van der Waals surface area contributed by atoms with Gasteiger partial charge in [-0.3, -0.25) is 4.90 Å². The molecular formula is C10H19NO2. The third-order valence-corrected chi connectivity index (χ3v) is 3.08. The Hall–Kier alpha value is -0.120. The quantitative estimate of drug-likeness (QED) is 0.650. The summed E-state index contributed by atoms with van der Waals surface area (Å²) in [4.78, 5) is 2.40. The van der Waals surface area contributed by atoms with Crippen LogP contribution >= 0.6 is 0 Å². The van der Waals surface area contributed by atoms with Crippen LogP contribution in [0.15, 0.2) is 0 Å². The first-order valence-electron chi connectivity index (χ1n) is 5.36. The molecule has 0 aliphatic carbocycles. The minimum absolute atomic E-state index is 0.101. The van der Waals surface area contributed by atoms with Crippen LogP contribution < -0.4 is 0 Å². The minimum Gasteiger partial charge on any atom is -0.392 e. The Labute approximate surface area is 79.7 Å². The Morgan fingerprint density at radius 3 is 2.85 bits per heavy atom. The number of rotatable bonds is 1. The van der Waals surface area contributed by atoms with E-state index >= 15 is 0 Å². The van der Waals surface area contributed by atoms with Gasteiger partial charge in [-0.1, -0.05) is 0 Å². The number of ether oxygens (including phenoxy) is 1. The van der Waals surface area contributed by atoms with E-state index in [9.17, 15) is 5.11 Å². The highest BCUT2D eigenvalue weighted by atomic mass is 16.5. The molecule has 1 N–H and O–H groups in total. The zero-order chi connectivity index (χ0) is 9.10. The lowest BCUT2D eigenvalue weighted by molar-refractivity contribution is -0.0171. The number of β-amino-alcohol motifs (C(OH)–C–C–N with tert-alkyl or cyclic N) is 1. The monoisotopic (exact) mass is 185 g/mol. The lowest BCUT2D eigenvalue weighted by Gasteiger charge is -2.38. The van der Waals surface area contributed by atoms with E-state index in [0.29, 0.717) is 6.04 Å². The van der Waals surface area contributed by atoms with Crippen LogP contribution in [0.25, 0.3) is 0 Å². The topological polar surface area (TPSA) is 32.7 Å². The van der Waals surface area contributed by atoms with Crippen LogP contribution in [0.4, 0.5) is 0 Å². The first-order chi connectivity index (χ1) is 6.36. The van der Waals surface area contributed by atoms with Crippen molar-refractivity contribution in [1.29, 1.82) is 0 Å². The van der Waals surface area contributed by atoms with Gasteiger partial charge in [-0.2, -0.15) is 0 Å². The molecule has 0 saturated carbocycles. The molecule has 3 heteroatoms. The van der Waals surface area contributed by atoms with Gasteiger partial charge in [-0.05, 0) is 32.2 Å². The highest BCUT2D eigenvalue weighted by molar-refractivity contribution is 4.80. The third kappa shape index (κ3) is 2.42. The van der Waals surface area contributed by atoms with E-state index in [0.717, 1.165) is 39.1 Å². The molecule has 2 saturated heterocycles. The van der Waals surface area contributed by atoms with Gasteiger partial charge in [-0.25, -0.2) is 0 Å². The second-order valence-corrected chi connectivity index (χ2v) is 4.16. The maximum Gasteiger partial charge on any atom is 0.0667 e. The van der Waals surface area contributed by atoms with E-state index in [4.69, 9.17) is 4.74 Å². The van der Waals surface area contributed by atoms with Crippen molar-refractivity contribution in [1.82, 2.24) is 4.90 Å². The lowest BCUT2D eigenvalue weighted by atomic mass is 10.0. The average molecular weight is 185 g/mol. The summed E-state index contributed by atoms with van der Waals surface area (Å²) in [5.74, 6) is 0. The van der Waals surface area contributed by atoms with Crippen LogP contribution in [0.5, 0.6) is 0 Å². The van der Waals surface area contributed by atoms with Gasteiger partial charge >= 0.3 is 0 Å². The first kappa shape index (κ1) is 9.44. The van der Waals surface area contributed by atoms with Gasteiger partial charge < -0.3 is 9.84 Å². The van der Waals surface area contributed by atoms with Crippen molar-refractivity contribution >= 4 is 0 Å². The van der Waals surface area contributed by atoms with Crippen molar-refractivity contribution in [2.24, 2.45) is 0 Å². The Balaban J connectivity index is 1.83. The van der Waals surface area contributed by atoms with Crippen molar-refractivity contribution in [2.45, 2.75) is 37.8 Å². The van der Waals surface area contributed by atoms with Crippen LogP contribution in [-0.2, 0) is 4.74 Å². The molecule has 2 aliphatic heterocycles. The van der Waals surface area contributed by atoms with E-state index in [1.165, 1.54) is 12.8 Å². The average Bonchev–Trinajstić information content (AvgIpc) is 2.19. The lowest BCUT2D eigenvalue weighted by Crippen LogP contribution is -2.47. The summed E-state index contributed by atoms with van der Waals surface area (Å²) in [6.45, 7) is 3.79. The fourth-order valence-electron chi connectivity index (χ4n) is 2.33. The van der Waals surface area contributed by atoms with E-state index in [1.54, 1.807) is 0 Å². The predicted octanol–water partition coefficient (Wildman–Crippen LogP) is 0.622. The molecule has 0 aromatic carbocycles. The maximum atomic E-state index is 9.53. The van der Waals surface area contributed by atoms with Crippen LogP contribution in [-0.4, -0.2) is 48.5 Å². The predicted molar refractivity (Wildman–Crippen MR) is 50.7 cm³/mol. The van der Waals surface area contributed by atoms with E-state index in [2.05, 4.69) is 4.90 Å². The van der Waals surface area contributed by atoms with Crippen LogP contribution in [0.3, 0.4) is 0 Å². The molecule has 1 unspecified atom stereocenters. The van der Waals surface area contributed by atoms with Gasteiger partial charge in [0.15, 0.2) is 0 Å². The molecule has 76 valence electrons. The Morgan fingerprint density at radius 1 is 1.23 bits per heavy atom. The molecule has 13 heavy (non-hydrogen) atoms. The van der Waals surface area contributed by atoms with Crippen molar-refractivity contribution in [3.63, 3.8) is 0 Å². The largest absolute Gasteiger partial charge is 0.392 e. The number of hydrogen-bond acceptors (Lipinski definition) is 3. The van der Waals surface area contributed by atoms with E-state index < -0.39 is 0 Å². The molecule has 0 aromatic rings. The summed E-state index contributed by atoms with van der Waals surface area (Å²) in [6, 6.07) is 0.573. The Bertz CT molecular complexity index is 157. The third-order valence-electron chi connectivity index (χ3n) is 3.08. The van der Waals surface area contributed by atoms with Crippen molar-refractivity contribution < 1.29 is 9.84 Å². The summed E-state index contributed by atoms with van der Waals surface area (Å²) >= 11 is 0. The Kier molecular flexibility index (Phi) is 3.19. The molecule has 0 spiro atoms. The fraction of sp³-hybridized carbons (Fsp3) is 1.00.